The van der Waals surface area contributed by atoms with Crippen LogP contribution in [0.3, 0.4) is 0 Å². The molecule has 0 radical (unpaired) electrons. The van der Waals surface area contributed by atoms with Crippen LogP contribution >= 0.6 is 35.6 Å². The molecule has 0 aliphatic carbocycles. The Morgan fingerprint density at radius 2 is 1.81 bits per heavy atom. The lowest BCUT2D eigenvalue weighted by molar-refractivity contribution is 0.0372. The summed E-state index contributed by atoms with van der Waals surface area (Å²) in [7, 11) is 1.85. The Hall–Kier alpha value is -1.99. The molecular formula is C27H34Cl3N3O3. The maximum atomic E-state index is 13.0. The zero-order valence-electron chi connectivity index (χ0n) is 20.6. The molecule has 36 heavy (non-hydrogen) atoms. The van der Waals surface area contributed by atoms with Gasteiger partial charge < -0.3 is 19.4 Å². The first-order valence-electron chi connectivity index (χ1n) is 12.3. The van der Waals surface area contributed by atoms with Crippen molar-refractivity contribution in [2.24, 2.45) is 0 Å². The van der Waals surface area contributed by atoms with E-state index in [0.29, 0.717) is 28.8 Å². The molecule has 2 saturated heterocycles. The first-order chi connectivity index (χ1) is 16.9. The van der Waals surface area contributed by atoms with Crippen LogP contribution in [0.5, 0.6) is 0 Å². The Kier molecular flexibility index (Phi) is 10.7. The van der Waals surface area contributed by atoms with Crippen LogP contribution in [0.2, 0.25) is 10.0 Å². The highest BCUT2D eigenvalue weighted by molar-refractivity contribution is 6.42. The van der Waals surface area contributed by atoms with Crippen LogP contribution in [0.25, 0.3) is 0 Å². The summed E-state index contributed by atoms with van der Waals surface area (Å²) in [5.74, 6) is 0.127. The van der Waals surface area contributed by atoms with Crippen LogP contribution in [0.1, 0.15) is 47.5 Å². The number of piperidine rings is 1. The van der Waals surface area contributed by atoms with E-state index in [0.717, 1.165) is 57.4 Å². The second-order valence-corrected chi connectivity index (χ2v) is 10.3. The van der Waals surface area contributed by atoms with Gasteiger partial charge in [-0.15, -0.1) is 12.4 Å². The van der Waals surface area contributed by atoms with E-state index in [1.165, 1.54) is 0 Å². The number of halogens is 3. The Bertz CT molecular complexity index is 1020. The molecule has 196 valence electrons. The smallest absolute Gasteiger partial charge is 0.410 e. The molecule has 0 saturated carbocycles. The standard InChI is InChI=1S/C27H33Cl2N3O3.ClH/c1-30(26(33)20-6-3-2-4-7-20)19-22(21-8-9-24(28)25(29)18-21)10-14-31-15-11-23(12-16-31)32-13-5-17-35-27(32)34;/h2-4,6-9,18,22-23H,5,10-17,19H2,1H3;1H/t22-;/m1./s1. The number of carbonyl (C=O) groups is 2. The monoisotopic (exact) mass is 553 g/mol. The van der Waals surface area contributed by atoms with Crippen molar-refractivity contribution < 1.29 is 14.3 Å². The number of cyclic esters (lactones) is 1. The average Bonchev–Trinajstić information content (AvgIpc) is 2.89. The van der Waals surface area contributed by atoms with Gasteiger partial charge in [-0.25, -0.2) is 4.79 Å². The molecule has 0 spiro atoms. The highest BCUT2D eigenvalue weighted by atomic mass is 35.5. The van der Waals surface area contributed by atoms with E-state index >= 15 is 0 Å². The van der Waals surface area contributed by atoms with E-state index in [1.54, 1.807) is 4.90 Å². The molecule has 2 aromatic rings. The first-order valence-corrected chi connectivity index (χ1v) is 13.1. The van der Waals surface area contributed by atoms with E-state index in [1.807, 2.05) is 60.5 Å². The number of carbonyl (C=O) groups excluding carboxylic acids is 2. The van der Waals surface area contributed by atoms with Crippen molar-refractivity contribution in [2.75, 3.05) is 46.4 Å². The van der Waals surface area contributed by atoms with Crippen molar-refractivity contribution >= 4 is 47.6 Å². The van der Waals surface area contributed by atoms with Gasteiger partial charge in [0.05, 0.1) is 16.7 Å². The van der Waals surface area contributed by atoms with Gasteiger partial charge in [0.1, 0.15) is 0 Å². The van der Waals surface area contributed by atoms with Gasteiger partial charge in [-0.05, 0) is 62.1 Å². The molecular weight excluding hydrogens is 521 g/mol. The number of nitrogens with zero attached hydrogens (tertiary/aromatic N) is 3. The molecule has 2 aliphatic rings. The molecule has 9 heteroatoms. The van der Waals surface area contributed by atoms with Crippen LogP contribution in [0.4, 0.5) is 4.79 Å². The highest BCUT2D eigenvalue weighted by Crippen LogP contribution is 2.30. The van der Waals surface area contributed by atoms with Crippen LogP contribution in [-0.2, 0) is 4.74 Å². The number of likely N-dealkylation sites (N-methyl/N-ethyl adjacent to an activating group) is 1. The van der Waals surface area contributed by atoms with Gasteiger partial charge in [-0.1, -0.05) is 47.5 Å². The molecule has 0 aromatic heterocycles. The van der Waals surface area contributed by atoms with Crippen molar-refractivity contribution in [1.29, 1.82) is 0 Å². The molecule has 2 aliphatic heterocycles. The molecule has 1 atom stereocenters. The third-order valence-corrected chi connectivity index (χ3v) is 7.81. The molecule has 2 fully saturated rings. The number of hydrogen-bond donors (Lipinski definition) is 0. The maximum absolute atomic E-state index is 13.0. The molecule has 2 amide bonds. The van der Waals surface area contributed by atoms with Gasteiger partial charge in [-0.3, -0.25) is 4.79 Å². The number of rotatable bonds is 8. The largest absolute Gasteiger partial charge is 0.449 e. The normalized spacial score (nSPS) is 17.8. The lowest BCUT2D eigenvalue weighted by Gasteiger charge is -2.39. The quantitative estimate of drug-likeness (QED) is 0.404. The van der Waals surface area contributed by atoms with Gasteiger partial charge in [0.25, 0.3) is 5.91 Å². The van der Waals surface area contributed by atoms with Gasteiger partial charge in [0, 0.05) is 50.7 Å². The highest BCUT2D eigenvalue weighted by Gasteiger charge is 2.31. The first kappa shape index (κ1) is 28.6. The lowest BCUT2D eigenvalue weighted by atomic mass is 9.93. The topological polar surface area (TPSA) is 53.1 Å². The Morgan fingerprint density at radius 1 is 1.08 bits per heavy atom. The van der Waals surface area contributed by atoms with Crippen molar-refractivity contribution in [2.45, 2.75) is 37.6 Å². The van der Waals surface area contributed by atoms with Crippen LogP contribution in [0.15, 0.2) is 48.5 Å². The van der Waals surface area contributed by atoms with Crippen molar-refractivity contribution in [3.8, 4) is 0 Å². The summed E-state index contributed by atoms with van der Waals surface area (Å²) in [6.45, 7) is 4.72. The van der Waals surface area contributed by atoms with E-state index in [-0.39, 0.29) is 36.4 Å². The van der Waals surface area contributed by atoms with Crippen LogP contribution < -0.4 is 0 Å². The Morgan fingerprint density at radius 3 is 2.47 bits per heavy atom. The predicted octanol–water partition coefficient (Wildman–Crippen LogP) is 5.97. The zero-order chi connectivity index (χ0) is 24.8. The van der Waals surface area contributed by atoms with E-state index in [4.69, 9.17) is 27.9 Å². The summed E-state index contributed by atoms with van der Waals surface area (Å²) in [5, 5.41) is 1.06. The average molecular weight is 555 g/mol. The molecule has 0 N–H and O–H groups in total. The molecule has 0 bridgehead atoms. The predicted molar refractivity (Wildman–Crippen MR) is 147 cm³/mol. The fourth-order valence-electron chi connectivity index (χ4n) is 5.04. The minimum Gasteiger partial charge on any atom is -0.449 e. The van der Waals surface area contributed by atoms with Crippen LogP contribution in [0, 0.1) is 0 Å². The summed E-state index contributed by atoms with van der Waals surface area (Å²) in [6.07, 6.45) is 3.55. The second-order valence-electron chi connectivity index (χ2n) is 9.44. The van der Waals surface area contributed by atoms with Crippen molar-refractivity contribution in [3.63, 3.8) is 0 Å². The third kappa shape index (κ3) is 7.28. The van der Waals surface area contributed by atoms with Crippen LogP contribution in [-0.4, -0.2) is 79.1 Å². The minimum absolute atomic E-state index is 0. The number of benzene rings is 2. The summed E-state index contributed by atoms with van der Waals surface area (Å²) in [6, 6.07) is 15.4. The van der Waals surface area contributed by atoms with Gasteiger partial charge in [-0.2, -0.15) is 0 Å². The number of amides is 2. The van der Waals surface area contributed by atoms with Gasteiger partial charge in [0.2, 0.25) is 0 Å². The van der Waals surface area contributed by atoms with Crippen molar-refractivity contribution in [3.05, 3.63) is 69.7 Å². The second kappa shape index (κ2) is 13.5. The van der Waals surface area contributed by atoms with Gasteiger partial charge >= 0.3 is 6.09 Å². The van der Waals surface area contributed by atoms with Crippen molar-refractivity contribution in [1.82, 2.24) is 14.7 Å². The van der Waals surface area contributed by atoms with E-state index < -0.39 is 0 Å². The SMILES string of the molecule is CN(C[C@@H](CCN1CCC(N2CCCOC2=O)CC1)c1ccc(Cl)c(Cl)c1)C(=O)c1ccccc1.Cl. The summed E-state index contributed by atoms with van der Waals surface area (Å²) < 4.78 is 5.23. The Balaban J connectivity index is 0.00000361. The number of ether oxygens (including phenoxy) is 1. The number of likely N-dealkylation sites (tertiary alicyclic amines) is 1. The fraction of sp³-hybridized carbons (Fsp3) is 0.481. The summed E-state index contributed by atoms with van der Waals surface area (Å²) in [5.41, 5.74) is 1.76. The summed E-state index contributed by atoms with van der Waals surface area (Å²) in [4.78, 5) is 31.2. The summed E-state index contributed by atoms with van der Waals surface area (Å²) >= 11 is 12.5. The lowest BCUT2D eigenvalue weighted by Crippen LogP contribution is -2.50. The van der Waals surface area contributed by atoms with E-state index in [2.05, 4.69) is 4.90 Å². The Labute approximate surface area is 229 Å². The fourth-order valence-corrected chi connectivity index (χ4v) is 5.34. The molecule has 6 nitrogen and oxygen atoms in total. The molecule has 2 heterocycles. The van der Waals surface area contributed by atoms with Gasteiger partial charge in [0.15, 0.2) is 0 Å². The maximum Gasteiger partial charge on any atom is 0.410 e. The minimum atomic E-state index is -0.166. The number of hydrogen-bond acceptors (Lipinski definition) is 4. The molecule has 0 unspecified atom stereocenters. The molecule has 4 rings (SSSR count). The zero-order valence-corrected chi connectivity index (χ0v) is 22.9. The van der Waals surface area contributed by atoms with E-state index in [9.17, 15) is 9.59 Å². The third-order valence-electron chi connectivity index (χ3n) is 7.07. The molecule has 2 aromatic carbocycles.